The van der Waals surface area contributed by atoms with Gasteiger partial charge in [0.15, 0.2) is 0 Å². The number of rotatable bonds is 2. The molecule has 1 heterocycles. The Kier molecular flexibility index (Phi) is 4.52. The molecule has 0 aromatic heterocycles. The van der Waals surface area contributed by atoms with E-state index in [2.05, 4.69) is 30.8 Å². The first kappa shape index (κ1) is 15.2. The van der Waals surface area contributed by atoms with Gasteiger partial charge in [0.1, 0.15) is 6.10 Å². The van der Waals surface area contributed by atoms with Crippen LogP contribution in [0.2, 0.25) is 0 Å². The maximum Gasteiger partial charge on any atom is 0.148 e. The Morgan fingerprint density at radius 2 is 1.86 bits per heavy atom. The van der Waals surface area contributed by atoms with Crippen molar-refractivity contribution in [2.45, 2.75) is 58.5 Å². The molecule has 0 radical (unpaired) electrons. The summed E-state index contributed by atoms with van der Waals surface area (Å²) in [4.78, 5) is 5.76. The largest absolute Gasteiger partial charge is 0.391 e. The molecular formula is C20H25NO. The van der Waals surface area contributed by atoms with Crippen molar-refractivity contribution < 1.29 is 4.84 Å². The second kappa shape index (κ2) is 6.57. The van der Waals surface area contributed by atoms with E-state index < -0.39 is 0 Å². The van der Waals surface area contributed by atoms with Crippen LogP contribution in [0.1, 0.15) is 57.9 Å². The Labute approximate surface area is 133 Å². The number of benzene rings is 1. The third kappa shape index (κ3) is 3.19. The van der Waals surface area contributed by atoms with Crippen molar-refractivity contribution in [3.8, 4) is 11.8 Å². The van der Waals surface area contributed by atoms with Crippen LogP contribution in [-0.4, -0.2) is 11.8 Å². The summed E-state index contributed by atoms with van der Waals surface area (Å²) in [5, 5.41) is 4.47. The topological polar surface area (TPSA) is 21.6 Å². The van der Waals surface area contributed by atoms with Crippen LogP contribution in [-0.2, 0) is 4.84 Å². The molecule has 1 aromatic carbocycles. The smallest absolute Gasteiger partial charge is 0.148 e. The molecule has 1 aliphatic heterocycles. The Bertz CT molecular complexity index is 585. The van der Waals surface area contributed by atoms with Gasteiger partial charge >= 0.3 is 0 Å². The van der Waals surface area contributed by atoms with Gasteiger partial charge in [0.2, 0.25) is 0 Å². The monoisotopic (exact) mass is 295 g/mol. The highest BCUT2D eigenvalue weighted by molar-refractivity contribution is 5.93. The van der Waals surface area contributed by atoms with Crippen molar-refractivity contribution in [1.82, 2.24) is 0 Å². The van der Waals surface area contributed by atoms with Crippen molar-refractivity contribution in [3.05, 3.63) is 35.9 Å². The van der Waals surface area contributed by atoms with E-state index in [0.717, 1.165) is 12.0 Å². The van der Waals surface area contributed by atoms with Gasteiger partial charge in [-0.05, 0) is 25.0 Å². The van der Waals surface area contributed by atoms with E-state index in [0.29, 0.717) is 5.92 Å². The SMILES string of the molecule is CC1(C)C(C2CCCCC2)=NOC1CC#Cc1ccccc1. The van der Waals surface area contributed by atoms with Crippen molar-refractivity contribution >= 4 is 5.71 Å². The predicted molar refractivity (Wildman–Crippen MR) is 90.6 cm³/mol. The summed E-state index contributed by atoms with van der Waals surface area (Å²) in [6.07, 6.45) is 7.40. The van der Waals surface area contributed by atoms with Crippen molar-refractivity contribution in [1.29, 1.82) is 0 Å². The van der Waals surface area contributed by atoms with Crippen LogP contribution in [0, 0.1) is 23.2 Å². The molecule has 1 aliphatic carbocycles. The van der Waals surface area contributed by atoms with Crippen molar-refractivity contribution in [2.75, 3.05) is 0 Å². The Morgan fingerprint density at radius 1 is 1.14 bits per heavy atom. The fourth-order valence-electron chi connectivity index (χ4n) is 3.57. The van der Waals surface area contributed by atoms with Crippen molar-refractivity contribution in [3.63, 3.8) is 0 Å². The number of hydrogen-bond donors (Lipinski definition) is 0. The van der Waals surface area contributed by atoms with E-state index in [1.54, 1.807) is 0 Å². The molecule has 1 atom stereocenters. The standard InChI is InChI=1S/C20H25NO/c1-20(2)18(15-9-12-16-10-5-3-6-11-16)22-21-19(20)17-13-7-4-8-14-17/h3,5-6,10-11,17-18H,4,7-8,13-15H2,1-2H3. The van der Waals surface area contributed by atoms with E-state index in [-0.39, 0.29) is 11.5 Å². The van der Waals surface area contributed by atoms with Crippen LogP contribution in [0.4, 0.5) is 0 Å². The quantitative estimate of drug-likeness (QED) is 0.719. The minimum Gasteiger partial charge on any atom is -0.391 e. The molecule has 1 fully saturated rings. The van der Waals surface area contributed by atoms with Gasteiger partial charge in [-0.1, -0.05) is 68.3 Å². The van der Waals surface area contributed by atoms with Gasteiger partial charge in [0.05, 0.1) is 12.1 Å². The zero-order chi connectivity index (χ0) is 15.4. The van der Waals surface area contributed by atoms with E-state index in [4.69, 9.17) is 4.84 Å². The van der Waals surface area contributed by atoms with Crippen LogP contribution in [0.15, 0.2) is 35.5 Å². The molecule has 1 saturated carbocycles. The maximum atomic E-state index is 5.76. The first-order chi connectivity index (χ1) is 10.7. The second-order valence-corrected chi connectivity index (χ2v) is 7.00. The highest BCUT2D eigenvalue weighted by Gasteiger charge is 2.44. The molecule has 0 amide bonds. The van der Waals surface area contributed by atoms with Gasteiger partial charge in [0, 0.05) is 16.9 Å². The molecule has 0 N–H and O–H groups in total. The van der Waals surface area contributed by atoms with Crippen molar-refractivity contribution in [2.24, 2.45) is 16.5 Å². The molecular weight excluding hydrogens is 270 g/mol. The second-order valence-electron chi connectivity index (χ2n) is 7.00. The molecule has 1 unspecified atom stereocenters. The van der Waals surface area contributed by atoms with E-state index >= 15 is 0 Å². The number of nitrogens with zero attached hydrogens (tertiary/aromatic N) is 1. The van der Waals surface area contributed by atoms with Crippen LogP contribution in [0.25, 0.3) is 0 Å². The number of oxime groups is 1. The first-order valence-electron chi connectivity index (χ1n) is 8.46. The Balaban J connectivity index is 1.63. The first-order valence-corrected chi connectivity index (χ1v) is 8.46. The highest BCUT2D eigenvalue weighted by atomic mass is 16.6. The Morgan fingerprint density at radius 3 is 2.59 bits per heavy atom. The van der Waals surface area contributed by atoms with Gasteiger partial charge < -0.3 is 4.84 Å². The fourth-order valence-corrected chi connectivity index (χ4v) is 3.57. The summed E-state index contributed by atoms with van der Waals surface area (Å²) in [6.45, 7) is 4.53. The molecule has 0 bridgehead atoms. The molecule has 22 heavy (non-hydrogen) atoms. The minimum absolute atomic E-state index is 0.00732. The van der Waals surface area contributed by atoms with Gasteiger partial charge in [0.25, 0.3) is 0 Å². The van der Waals surface area contributed by atoms with Gasteiger partial charge in [-0.3, -0.25) is 0 Å². The predicted octanol–water partition coefficient (Wildman–Crippen LogP) is 4.79. The molecule has 3 rings (SSSR count). The van der Waals surface area contributed by atoms with E-state index in [9.17, 15) is 0 Å². The molecule has 2 nitrogen and oxygen atoms in total. The van der Waals surface area contributed by atoms with E-state index in [1.165, 1.54) is 37.8 Å². The molecule has 0 saturated heterocycles. The van der Waals surface area contributed by atoms with Crippen LogP contribution in [0.3, 0.4) is 0 Å². The Hall–Kier alpha value is -1.75. The number of hydrogen-bond acceptors (Lipinski definition) is 2. The lowest BCUT2D eigenvalue weighted by molar-refractivity contribution is 0.0405. The van der Waals surface area contributed by atoms with Crippen LogP contribution in [0.5, 0.6) is 0 Å². The average molecular weight is 295 g/mol. The summed E-state index contributed by atoms with van der Waals surface area (Å²) in [7, 11) is 0. The van der Waals surface area contributed by atoms with Gasteiger partial charge in [-0.15, -0.1) is 0 Å². The maximum absolute atomic E-state index is 5.76. The molecule has 2 aliphatic rings. The van der Waals surface area contributed by atoms with Gasteiger partial charge in [-0.25, -0.2) is 0 Å². The molecule has 1 aromatic rings. The summed E-state index contributed by atoms with van der Waals surface area (Å²) in [5.41, 5.74) is 2.35. The fraction of sp³-hybridized carbons (Fsp3) is 0.550. The summed E-state index contributed by atoms with van der Waals surface area (Å²) in [5.74, 6) is 7.12. The summed E-state index contributed by atoms with van der Waals surface area (Å²) < 4.78 is 0. The zero-order valence-corrected chi connectivity index (χ0v) is 13.6. The molecule has 0 spiro atoms. The molecule has 116 valence electrons. The van der Waals surface area contributed by atoms with Crippen LogP contribution >= 0.6 is 0 Å². The lowest BCUT2D eigenvalue weighted by Gasteiger charge is -2.30. The lowest BCUT2D eigenvalue weighted by Crippen LogP contribution is -2.37. The zero-order valence-electron chi connectivity index (χ0n) is 13.6. The lowest BCUT2D eigenvalue weighted by atomic mass is 9.72. The third-order valence-corrected chi connectivity index (χ3v) is 5.03. The summed E-state index contributed by atoms with van der Waals surface area (Å²) >= 11 is 0. The summed E-state index contributed by atoms with van der Waals surface area (Å²) in [6, 6.07) is 10.1. The van der Waals surface area contributed by atoms with Crippen LogP contribution < -0.4 is 0 Å². The normalized spacial score (nSPS) is 24.1. The molecule has 2 heteroatoms. The third-order valence-electron chi connectivity index (χ3n) is 5.03. The van der Waals surface area contributed by atoms with E-state index in [1.807, 2.05) is 30.3 Å². The average Bonchev–Trinajstić information content (AvgIpc) is 2.84. The minimum atomic E-state index is 0.00732. The van der Waals surface area contributed by atoms with Gasteiger partial charge in [-0.2, -0.15) is 0 Å². The highest BCUT2D eigenvalue weighted by Crippen LogP contribution is 2.40.